The molecular weight excluding hydrogens is 427 g/mol. The fourth-order valence-electron chi connectivity index (χ4n) is 3.66. The zero-order chi connectivity index (χ0) is 21.1. The summed E-state index contributed by atoms with van der Waals surface area (Å²) in [4.78, 5) is 22.5. The Morgan fingerprint density at radius 3 is 3.03 bits per heavy atom. The highest BCUT2D eigenvalue weighted by Gasteiger charge is 2.27. The number of ether oxygens (including phenoxy) is 1. The SMILES string of the molecule is N#CNC(=O)COC[C@@H]1CCCN1c1cc(-n2ccnc2)c2ccc(Cl)c(Cl)c2n1. The lowest BCUT2D eigenvalue weighted by molar-refractivity contribution is -0.124. The fraction of sp³-hybridized carbons (Fsp3) is 0.300. The summed E-state index contributed by atoms with van der Waals surface area (Å²) in [5.41, 5.74) is 1.51. The van der Waals surface area contributed by atoms with Gasteiger partial charge in [-0.3, -0.25) is 10.1 Å². The highest BCUT2D eigenvalue weighted by Crippen LogP contribution is 2.36. The molecule has 10 heteroatoms. The molecule has 0 saturated carbocycles. The van der Waals surface area contributed by atoms with E-state index in [9.17, 15) is 4.79 Å². The molecule has 1 N–H and O–H groups in total. The molecule has 1 aliphatic heterocycles. The number of aromatic nitrogens is 3. The van der Waals surface area contributed by atoms with Crippen molar-refractivity contribution in [3.63, 3.8) is 0 Å². The zero-order valence-corrected chi connectivity index (χ0v) is 17.4. The van der Waals surface area contributed by atoms with E-state index < -0.39 is 5.91 Å². The monoisotopic (exact) mass is 444 g/mol. The number of halogens is 2. The number of benzene rings is 1. The van der Waals surface area contributed by atoms with Crippen LogP contribution in [0.5, 0.6) is 0 Å². The summed E-state index contributed by atoms with van der Waals surface area (Å²) in [6, 6.07) is 5.70. The van der Waals surface area contributed by atoms with Gasteiger partial charge in [0.15, 0.2) is 6.19 Å². The minimum absolute atomic E-state index is 0.0541. The number of anilines is 1. The summed E-state index contributed by atoms with van der Waals surface area (Å²) in [6.07, 6.45) is 8.77. The number of pyridine rings is 1. The van der Waals surface area contributed by atoms with Gasteiger partial charge in [-0.1, -0.05) is 23.2 Å². The minimum Gasteiger partial charge on any atom is -0.369 e. The van der Waals surface area contributed by atoms with Crippen LogP contribution in [0.15, 0.2) is 36.9 Å². The molecule has 0 unspecified atom stereocenters. The van der Waals surface area contributed by atoms with Crippen molar-refractivity contribution in [3.05, 3.63) is 47.0 Å². The van der Waals surface area contributed by atoms with Crippen LogP contribution in [-0.4, -0.2) is 46.2 Å². The lowest BCUT2D eigenvalue weighted by Crippen LogP contribution is -2.35. The predicted molar refractivity (Wildman–Crippen MR) is 114 cm³/mol. The third-order valence-corrected chi connectivity index (χ3v) is 5.82. The van der Waals surface area contributed by atoms with Crippen LogP contribution in [0.2, 0.25) is 10.0 Å². The minimum atomic E-state index is -0.463. The van der Waals surface area contributed by atoms with Crippen LogP contribution in [0.4, 0.5) is 5.82 Å². The molecule has 0 bridgehead atoms. The van der Waals surface area contributed by atoms with Gasteiger partial charge >= 0.3 is 0 Å². The van der Waals surface area contributed by atoms with Gasteiger partial charge in [-0.25, -0.2) is 9.97 Å². The second kappa shape index (κ2) is 8.88. The maximum Gasteiger partial charge on any atom is 0.258 e. The number of nitrogens with zero attached hydrogens (tertiary/aromatic N) is 5. The van der Waals surface area contributed by atoms with Gasteiger partial charge in [0, 0.05) is 30.4 Å². The fourth-order valence-corrected chi connectivity index (χ4v) is 4.02. The molecule has 1 atom stereocenters. The quantitative estimate of drug-likeness (QED) is 0.462. The van der Waals surface area contributed by atoms with E-state index in [4.69, 9.17) is 38.2 Å². The predicted octanol–water partition coefficient (Wildman–Crippen LogP) is 3.31. The van der Waals surface area contributed by atoms with Crippen LogP contribution in [0.25, 0.3) is 16.6 Å². The average Bonchev–Trinajstić information content (AvgIpc) is 3.42. The van der Waals surface area contributed by atoms with E-state index in [0.29, 0.717) is 22.2 Å². The largest absolute Gasteiger partial charge is 0.369 e. The molecule has 3 aromatic rings. The molecule has 3 heterocycles. The summed E-state index contributed by atoms with van der Waals surface area (Å²) in [7, 11) is 0. The van der Waals surface area contributed by atoms with Crippen molar-refractivity contribution < 1.29 is 9.53 Å². The van der Waals surface area contributed by atoms with Crippen LogP contribution in [-0.2, 0) is 9.53 Å². The molecule has 8 nitrogen and oxygen atoms in total. The molecule has 2 aromatic heterocycles. The summed E-state index contributed by atoms with van der Waals surface area (Å²) in [5.74, 6) is 0.289. The normalized spacial score (nSPS) is 16.0. The van der Waals surface area contributed by atoms with E-state index in [1.807, 2.05) is 28.2 Å². The van der Waals surface area contributed by atoms with Crippen molar-refractivity contribution >= 4 is 45.8 Å². The first kappa shape index (κ1) is 20.4. The van der Waals surface area contributed by atoms with Gasteiger partial charge in [0.25, 0.3) is 5.91 Å². The lowest BCUT2D eigenvalue weighted by atomic mass is 10.1. The molecule has 1 aromatic carbocycles. The number of nitrogens with one attached hydrogen (secondary N) is 1. The van der Waals surface area contributed by atoms with E-state index in [1.165, 1.54) is 0 Å². The number of fused-ring (bicyclic) bond motifs is 1. The lowest BCUT2D eigenvalue weighted by Gasteiger charge is -2.26. The van der Waals surface area contributed by atoms with Gasteiger partial charge in [-0.15, -0.1) is 0 Å². The van der Waals surface area contributed by atoms with E-state index >= 15 is 0 Å². The number of hydrogen-bond acceptors (Lipinski definition) is 6. The Bertz CT molecular complexity index is 1110. The molecule has 0 spiro atoms. The van der Waals surface area contributed by atoms with Gasteiger partial charge in [-0.2, -0.15) is 5.26 Å². The average molecular weight is 445 g/mol. The van der Waals surface area contributed by atoms with Gasteiger partial charge in [0.1, 0.15) is 12.4 Å². The molecule has 1 amide bonds. The van der Waals surface area contributed by atoms with E-state index in [0.717, 1.165) is 36.3 Å². The smallest absolute Gasteiger partial charge is 0.258 e. The molecule has 0 aliphatic carbocycles. The van der Waals surface area contributed by atoms with E-state index in [2.05, 4.69) is 9.88 Å². The molecule has 1 saturated heterocycles. The molecule has 0 radical (unpaired) electrons. The Labute approximate surface area is 183 Å². The first-order valence-corrected chi connectivity index (χ1v) is 10.1. The topological polar surface area (TPSA) is 96.1 Å². The first-order valence-electron chi connectivity index (χ1n) is 9.38. The standard InChI is InChI=1S/C20H18Cl2N6O2/c21-15-4-3-14-16(27-7-5-24-12-27)8-17(26-20(14)19(15)22)28-6-1-2-13(28)9-30-10-18(29)25-11-23/h3-5,7-8,12-13H,1-2,6,9-10H2,(H,25,29)/t13-/m0/s1. The number of hydrogen-bond donors (Lipinski definition) is 1. The van der Waals surface area contributed by atoms with Crippen LogP contribution < -0.4 is 10.2 Å². The molecule has 1 fully saturated rings. The zero-order valence-electron chi connectivity index (χ0n) is 15.9. The van der Waals surface area contributed by atoms with Crippen molar-refractivity contribution in [1.82, 2.24) is 19.9 Å². The first-order chi connectivity index (χ1) is 14.6. The molecule has 30 heavy (non-hydrogen) atoms. The maximum atomic E-state index is 11.4. The van der Waals surface area contributed by atoms with E-state index in [1.54, 1.807) is 24.8 Å². The molecule has 1 aliphatic rings. The second-order valence-electron chi connectivity index (χ2n) is 6.89. The summed E-state index contributed by atoms with van der Waals surface area (Å²) in [6.45, 7) is 0.992. The second-order valence-corrected chi connectivity index (χ2v) is 7.68. The number of imidazole rings is 1. The van der Waals surface area contributed by atoms with Gasteiger partial charge in [0.2, 0.25) is 0 Å². The van der Waals surface area contributed by atoms with Crippen LogP contribution in [0.3, 0.4) is 0 Å². The van der Waals surface area contributed by atoms with E-state index in [-0.39, 0.29) is 12.6 Å². The molecule has 154 valence electrons. The number of nitriles is 1. The highest BCUT2D eigenvalue weighted by molar-refractivity contribution is 6.45. The molecule has 4 rings (SSSR count). The Balaban J connectivity index is 1.67. The van der Waals surface area contributed by atoms with Crippen molar-refractivity contribution in [1.29, 1.82) is 5.26 Å². The third-order valence-electron chi connectivity index (χ3n) is 5.03. The third kappa shape index (κ3) is 4.05. The van der Waals surface area contributed by atoms with Crippen LogP contribution in [0.1, 0.15) is 12.8 Å². The summed E-state index contributed by atoms with van der Waals surface area (Å²) < 4.78 is 7.43. The summed E-state index contributed by atoms with van der Waals surface area (Å²) >= 11 is 12.7. The number of carbonyl (C=O) groups excluding carboxylic acids is 1. The van der Waals surface area contributed by atoms with Crippen LogP contribution >= 0.6 is 23.2 Å². The van der Waals surface area contributed by atoms with Crippen molar-refractivity contribution in [2.24, 2.45) is 0 Å². The van der Waals surface area contributed by atoms with Crippen LogP contribution in [0, 0.1) is 11.5 Å². The Hall–Kier alpha value is -2.86. The Morgan fingerprint density at radius 2 is 2.27 bits per heavy atom. The Kier molecular flexibility index (Phi) is 6.04. The van der Waals surface area contributed by atoms with Gasteiger partial charge in [-0.05, 0) is 25.0 Å². The summed E-state index contributed by atoms with van der Waals surface area (Å²) in [5, 5.41) is 12.2. The highest BCUT2D eigenvalue weighted by atomic mass is 35.5. The Morgan fingerprint density at radius 1 is 1.40 bits per heavy atom. The van der Waals surface area contributed by atoms with Crippen molar-refractivity contribution in [2.45, 2.75) is 18.9 Å². The maximum absolute atomic E-state index is 11.4. The number of amides is 1. The number of carbonyl (C=O) groups is 1. The van der Waals surface area contributed by atoms with Crippen molar-refractivity contribution in [2.75, 3.05) is 24.7 Å². The number of rotatable bonds is 6. The van der Waals surface area contributed by atoms with Gasteiger partial charge in [0.05, 0.1) is 40.2 Å². The van der Waals surface area contributed by atoms with Crippen molar-refractivity contribution in [3.8, 4) is 11.9 Å². The van der Waals surface area contributed by atoms with Gasteiger partial charge < -0.3 is 14.2 Å². The molecular formula is C20H18Cl2N6O2.